The number of nitrogens with one attached hydrogen (secondary N) is 1. The zero-order valence-electron chi connectivity index (χ0n) is 14.0. The Hall–Kier alpha value is -2.64. The third-order valence-corrected chi connectivity index (χ3v) is 4.23. The number of para-hydroxylation sites is 1. The van der Waals surface area contributed by atoms with Gasteiger partial charge in [0.25, 0.3) is 5.69 Å². The topological polar surface area (TPSA) is 92.6 Å². The fourth-order valence-corrected chi connectivity index (χ4v) is 2.80. The number of hydrogen-bond donors (Lipinski definition) is 1. The minimum atomic E-state index is -0.596. The number of hydrogen-bond acceptors (Lipinski definition) is 5. The van der Waals surface area contributed by atoms with Crippen LogP contribution in [0.25, 0.3) is 0 Å². The van der Waals surface area contributed by atoms with Crippen molar-refractivity contribution in [1.29, 1.82) is 0 Å². The Bertz CT molecular complexity index is 866. The highest BCUT2D eigenvalue weighted by molar-refractivity contribution is 6.39. The number of carbonyl (C=O) groups excluding carboxylic acids is 2. The lowest BCUT2D eigenvalue weighted by atomic mass is 10.1. The van der Waals surface area contributed by atoms with Crippen molar-refractivity contribution < 1.29 is 14.5 Å². The third kappa shape index (κ3) is 4.50. The molecule has 0 aromatic heterocycles. The number of ketones is 1. The molecule has 1 N–H and O–H groups in total. The molecule has 0 aliphatic heterocycles. The first-order valence-electron chi connectivity index (χ1n) is 7.45. The molecule has 0 unspecified atom stereocenters. The Morgan fingerprint density at radius 1 is 1.19 bits per heavy atom. The summed E-state index contributed by atoms with van der Waals surface area (Å²) in [5, 5.41) is 14.5. The predicted molar refractivity (Wildman–Crippen MR) is 101 cm³/mol. The molecule has 0 aliphatic rings. The van der Waals surface area contributed by atoms with Crippen LogP contribution in [0.1, 0.15) is 17.3 Å². The molecule has 0 aliphatic carbocycles. The zero-order chi connectivity index (χ0) is 19.4. The highest BCUT2D eigenvalue weighted by Gasteiger charge is 2.21. The van der Waals surface area contributed by atoms with Crippen LogP contribution < -0.4 is 10.2 Å². The van der Waals surface area contributed by atoms with E-state index in [2.05, 4.69) is 5.32 Å². The van der Waals surface area contributed by atoms with Gasteiger partial charge in [0.2, 0.25) is 5.91 Å². The number of amides is 1. The summed E-state index contributed by atoms with van der Waals surface area (Å²) >= 11 is 12.0. The predicted octanol–water partition coefficient (Wildman–Crippen LogP) is 4.18. The molecule has 136 valence electrons. The van der Waals surface area contributed by atoms with Crippen LogP contribution >= 0.6 is 23.2 Å². The number of nitrogens with zero attached hydrogens (tertiary/aromatic N) is 2. The SMILES string of the molecule is CC(=O)c1ccc(N(C)CC(=O)Nc2c(Cl)cccc2Cl)c([N+](=O)[O-])c1. The Kier molecular flexibility index (Phi) is 6.18. The number of halogens is 2. The maximum atomic E-state index is 12.3. The zero-order valence-corrected chi connectivity index (χ0v) is 15.5. The van der Waals surface area contributed by atoms with Gasteiger partial charge in [-0.05, 0) is 31.2 Å². The van der Waals surface area contributed by atoms with Crippen molar-refractivity contribution in [2.75, 3.05) is 23.8 Å². The van der Waals surface area contributed by atoms with Crippen LogP contribution in [0.15, 0.2) is 36.4 Å². The highest BCUT2D eigenvalue weighted by Crippen LogP contribution is 2.31. The van der Waals surface area contributed by atoms with Crippen molar-refractivity contribution >= 4 is 52.0 Å². The van der Waals surface area contributed by atoms with E-state index in [4.69, 9.17) is 23.2 Å². The lowest BCUT2D eigenvalue weighted by Gasteiger charge is -2.19. The average molecular weight is 396 g/mol. The number of nitro benzene ring substituents is 1. The van der Waals surface area contributed by atoms with Crippen LogP contribution in [0.4, 0.5) is 17.1 Å². The lowest BCUT2D eigenvalue weighted by Crippen LogP contribution is -2.30. The summed E-state index contributed by atoms with van der Waals surface area (Å²) in [7, 11) is 1.53. The molecule has 0 atom stereocenters. The summed E-state index contributed by atoms with van der Waals surface area (Å²) in [5.74, 6) is -0.735. The molecule has 26 heavy (non-hydrogen) atoms. The van der Waals surface area contributed by atoms with Gasteiger partial charge in [0.15, 0.2) is 5.78 Å². The largest absolute Gasteiger partial charge is 0.360 e. The molecule has 0 fully saturated rings. The summed E-state index contributed by atoms with van der Waals surface area (Å²) in [4.78, 5) is 35.8. The van der Waals surface area contributed by atoms with Gasteiger partial charge in [-0.3, -0.25) is 19.7 Å². The number of likely N-dealkylation sites (N-methyl/N-ethyl adjacent to an activating group) is 1. The summed E-state index contributed by atoms with van der Waals surface area (Å²) in [6.45, 7) is 1.14. The van der Waals surface area contributed by atoms with E-state index in [0.717, 1.165) is 0 Å². The van der Waals surface area contributed by atoms with Gasteiger partial charge in [-0.25, -0.2) is 0 Å². The fourth-order valence-electron chi connectivity index (χ4n) is 2.31. The number of anilines is 2. The summed E-state index contributed by atoms with van der Waals surface area (Å²) in [5.41, 5.74) is 0.445. The van der Waals surface area contributed by atoms with E-state index >= 15 is 0 Å². The number of rotatable bonds is 6. The van der Waals surface area contributed by atoms with E-state index in [1.807, 2.05) is 0 Å². The number of benzene rings is 2. The molecule has 0 radical (unpaired) electrons. The molecule has 0 saturated carbocycles. The van der Waals surface area contributed by atoms with Gasteiger partial charge in [0.05, 0.1) is 27.2 Å². The quantitative estimate of drug-likeness (QED) is 0.449. The standard InChI is InChI=1S/C17H15Cl2N3O4/c1-10(23)11-6-7-14(15(8-11)22(25)26)21(2)9-16(24)20-17-12(18)4-3-5-13(17)19/h3-8H,9H2,1-2H3,(H,20,24). The molecule has 7 nitrogen and oxygen atoms in total. The second-order valence-electron chi connectivity index (χ2n) is 5.52. The van der Waals surface area contributed by atoms with Gasteiger partial charge < -0.3 is 10.2 Å². The van der Waals surface area contributed by atoms with Gasteiger partial charge in [-0.1, -0.05) is 29.3 Å². The van der Waals surface area contributed by atoms with Crippen LogP contribution in [0, 0.1) is 10.1 Å². The first-order valence-corrected chi connectivity index (χ1v) is 8.20. The number of carbonyl (C=O) groups is 2. The van der Waals surface area contributed by atoms with Crippen LogP contribution in [0.2, 0.25) is 10.0 Å². The molecular formula is C17H15Cl2N3O4. The molecule has 2 aromatic carbocycles. The summed E-state index contributed by atoms with van der Waals surface area (Å²) in [6, 6.07) is 8.91. The molecule has 0 spiro atoms. The molecule has 2 rings (SSSR count). The second kappa shape index (κ2) is 8.16. The maximum absolute atomic E-state index is 12.3. The van der Waals surface area contributed by atoms with Crippen molar-refractivity contribution in [3.05, 3.63) is 62.1 Å². The van der Waals surface area contributed by atoms with E-state index < -0.39 is 10.8 Å². The molecule has 9 heteroatoms. The van der Waals surface area contributed by atoms with E-state index in [9.17, 15) is 19.7 Å². The highest BCUT2D eigenvalue weighted by atomic mass is 35.5. The average Bonchev–Trinajstić information content (AvgIpc) is 2.57. The van der Waals surface area contributed by atoms with E-state index in [1.165, 1.54) is 37.1 Å². The number of Topliss-reactive ketones (excluding diaryl/α,β-unsaturated/α-hetero) is 1. The maximum Gasteiger partial charge on any atom is 0.293 e. The van der Waals surface area contributed by atoms with E-state index in [-0.39, 0.29) is 45.0 Å². The van der Waals surface area contributed by atoms with Gasteiger partial charge in [-0.2, -0.15) is 0 Å². The van der Waals surface area contributed by atoms with Crippen LogP contribution in [0.3, 0.4) is 0 Å². The molecule has 0 saturated heterocycles. The van der Waals surface area contributed by atoms with Gasteiger partial charge in [-0.15, -0.1) is 0 Å². The van der Waals surface area contributed by atoms with Crippen molar-refractivity contribution in [3.8, 4) is 0 Å². The minimum Gasteiger partial charge on any atom is -0.360 e. The lowest BCUT2D eigenvalue weighted by molar-refractivity contribution is -0.384. The Morgan fingerprint density at radius 3 is 2.35 bits per heavy atom. The van der Waals surface area contributed by atoms with Crippen LogP contribution in [0.5, 0.6) is 0 Å². The first-order chi connectivity index (χ1) is 12.2. The molecule has 1 amide bonds. The molecular weight excluding hydrogens is 381 g/mol. The monoisotopic (exact) mass is 395 g/mol. The second-order valence-corrected chi connectivity index (χ2v) is 6.33. The first kappa shape index (κ1) is 19.7. The Labute approximate surface area is 159 Å². The van der Waals surface area contributed by atoms with Crippen molar-refractivity contribution in [2.45, 2.75) is 6.92 Å². The molecule has 0 heterocycles. The smallest absolute Gasteiger partial charge is 0.293 e. The van der Waals surface area contributed by atoms with Crippen LogP contribution in [-0.2, 0) is 4.79 Å². The van der Waals surface area contributed by atoms with Gasteiger partial charge >= 0.3 is 0 Å². The molecule has 0 bridgehead atoms. The minimum absolute atomic E-state index is 0.179. The fraction of sp³-hybridized carbons (Fsp3) is 0.176. The van der Waals surface area contributed by atoms with E-state index in [1.54, 1.807) is 18.2 Å². The summed E-state index contributed by atoms with van der Waals surface area (Å²) in [6.07, 6.45) is 0. The Balaban J connectivity index is 2.21. The van der Waals surface area contributed by atoms with Crippen LogP contribution in [-0.4, -0.2) is 30.2 Å². The van der Waals surface area contributed by atoms with Gasteiger partial charge in [0, 0.05) is 18.7 Å². The third-order valence-electron chi connectivity index (χ3n) is 3.60. The Morgan fingerprint density at radius 2 is 1.81 bits per heavy atom. The van der Waals surface area contributed by atoms with E-state index in [0.29, 0.717) is 0 Å². The van der Waals surface area contributed by atoms with Crippen molar-refractivity contribution in [1.82, 2.24) is 0 Å². The van der Waals surface area contributed by atoms with Crippen molar-refractivity contribution in [3.63, 3.8) is 0 Å². The van der Waals surface area contributed by atoms with Crippen molar-refractivity contribution in [2.24, 2.45) is 0 Å². The molecule has 2 aromatic rings. The van der Waals surface area contributed by atoms with Gasteiger partial charge in [0.1, 0.15) is 5.69 Å². The normalized spacial score (nSPS) is 10.3. The number of nitro groups is 1. The summed E-state index contributed by atoms with van der Waals surface area (Å²) < 4.78 is 0.